The fourth-order valence-corrected chi connectivity index (χ4v) is 3.37. The average Bonchev–Trinajstić information content (AvgIpc) is 2.48. The molecule has 0 bridgehead atoms. The number of halogens is 2. The molecule has 0 saturated carbocycles. The second-order valence-corrected chi connectivity index (χ2v) is 7.56. The van der Waals surface area contributed by atoms with Crippen molar-refractivity contribution in [3.63, 3.8) is 0 Å². The van der Waals surface area contributed by atoms with Crippen molar-refractivity contribution >= 4 is 27.3 Å². The lowest BCUT2D eigenvalue weighted by atomic mass is 10.2. The third kappa shape index (κ3) is 6.00. The Morgan fingerprint density at radius 1 is 1.00 bits per heavy atom. The maximum atomic E-state index is 12.8. The van der Waals surface area contributed by atoms with E-state index < -0.39 is 21.5 Å². The molecule has 0 aromatic heterocycles. The Morgan fingerprint density at radius 2 is 1.57 bits per heavy atom. The number of rotatable bonds is 6. The second-order valence-electron chi connectivity index (χ2n) is 5.06. The number of nitrogens with one attached hydrogen (secondary N) is 1. The van der Waals surface area contributed by atoms with Crippen LogP contribution in [0.2, 0.25) is 5.02 Å². The van der Waals surface area contributed by atoms with Crippen molar-refractivity contribution in [2.75, 3.05) is 5.75 Å². The summed E-state index contributed by atoms with van der Waals surface area (Å²) in [4.78, 5) is 11.8. The summed E-state index contributed by atoms with van der Waals surface area (Å²) < 4.78 is 36.8. The molecule has 0 heterocycles. The molecule has 0 aliphatic heterocycles. The molecule has 0 radical (unpaired) electrons. The van der Waals surface area contributed by atoms with E-state index in [-0.39, 0.29) is 18.1 Å². The third-order valence-electron chi connectivity index (χ3n) is 3.05. The monoisotopic (exact) mass is 355 g/mol. The lowest BCUT2D eigenvalue weighted by molar-refractivity contribution is -0.118. The van der Waals surface area contributed by atoms with Crippen LogP contribution < -0.4 is 5.32 Å². The molecule has 0 aliphatic rings. The smallest absolute Gasteiger partial charge is 0.235 e. The summed E-state index contributed by atoms with van der Waals surface area (Å²) in [6.07, 6.45) is 0. The fraction of sp³-hybridized carbons (Fsp3) is 0.188. The quantitative estimate of drug-likeness (QED) is 0.866. The first kappa shape index (κ1) is 17.4. The van der Waals surface area contributed by atoms with Crippen molar-refractivity contribution in [1.29, 1.82) is 0 Å². The van der Waals surface area contributed by atoms with E-state index in [4.69, 9.17) is 11.6 Å². The van der Waals surface area contributed by atoms with Gasteiger partial charge in [0, 0.05) is 11.6 Å². The molecule has 1 N–H and O–H groups in total. The van der Waals surface area contributed by atoms with Crippen LogP contribution in [-0.2, 0) is 26.9 Å². The Bertz CT molecular complexity index is 774. The number of amides is 1. The standard InChI is InChI=1S/C16H15ClFNO3S/c17-14-5-1-13(2-6-14)10-23(21,22)11-16(20)19-9-12-3-7-15(18)8-4-12/h1-8H,9-11H2,(H,19,20). The summed E-state index contributed by atoms with van der Waals surface area (Å²) in [5.74, 6) is -1.79. The Kier molecular flexibility index (Phi) is 5.74. The van der Waals surface area contributed by atoms with Crippen LogP contribution >= 0.6 is 11.6 Å². The van der Waals surface area contributed by atoms with Gasteiger partial charge in [0.05, 0.1) is 5.75 Å². The highest BCUT2D eigenvalue weighted by molar-refractivity contribution is 7.91. The van der Waals surface area contributed by atoms with Gasteiger partial charge in [-0.1, -0.05) is 35.9 Å². The Morgan fingerprint density at radius 3 is 2.17 bits per heavy atom. The molecule has 2 aromatic rings. The Balaban J connectivity index is 1.88. The first-order valence-electron chi connectivity index (χ1n) is 6.80. The van der Waals surface area contributed by atoms with Crippen LogP contribution in [0.3, 0.4) is 0 Å². The molecule has 0 saturated heterocycles. The van der Waals surface area contributed by atoms with Crippen LogP contribution in [0.25, 0.3) is 0 Å². The number of carbonyl (C=O) groups excluding carboxylic acids is 1. The first-order valence-corrected chi connectivity index (χ1v) is 9.00. The summed E-state index contributed by atoms with van der Waals surface area (Å²) in [5.41, 5.74) is 1.26. The second kappa shape index (κ2) is 7.57. The third-order valence-corrected chi connectivity index (χ3v) is 4.78. The molecule has 0 fully saturated rings. The number of hydrogen-bond donors (Lipinski definition) is 1. The van der Waals surface area contributed by atoms with Crippen molar-refractivity contribution in [2.24, 2.45) is 0 Å². The van der Waals surface area contributed by atoms with Crippen molar-refractivity contribution in [1.82, 2.24) is 5.32 Å². The normalized spacial score (nSPS) is 11.2. The SMILES string of the molecule is O=C(CS(=O)(=O)Cc1ccc(Cl)cc1)NCc1ccc(F)cc1. The van der Waals surface area contributed by atoms with Gasteiger partial charge in [0.2, 0.25) is 5.91 Å². The zero-order chi connectivity index (χ0) is 16.9. The van der Waals surface area contributed by atoms with Gasteiger partial charge < -0.3 is 5.32 Å². The topological polar surface area (TPSA) is 63.2 Å². The van der Waals surface area contributed by atoms with Crippen LogP contribution in [0.15, 0.2) is 48.5 Å². The van der Waals surface area contributed by atoms with Gasteiger partial charge in [-0.15, -0.1) is 0 Å². The molecule has 0 aliphatic carbocycles. The maximum Gasteiger partial charge on any atom is 0.235 e. The van der Waals surface area contributed by atoms with Crippen LogP contribution in [0.1, 0.15) is 11.1 Å². The predicted octanol–water partition coefficient (Wildman–Crippen LogP) is 2.71. The number of hydrogen-bond acceptors (Lipinski definition) is 3. The van der Waals surface area contributed by atoms with E-state index in [1.54, 1.807) is 24.3 Å². The van der Waals surface area contributed by atoms with E-state index in [1.807, 2.05) is 0 Å². The molecule has 0 unspecified atom stereocenters. The highest BCUT2D eigenvalue weighted by Crippen LogP contribution is 2.12. The zero-order valence-corrected chi connectivity index (χ0v) is 13.7. The van der Waals surface area contributed by atoms with Crippen molar-refractivity contribution < 1.29 is 17.6 Å². The summed E-state index contributed by atoms with van der Waals surface area (Å²) in [6.45, 7) is 0.148. The van der Waals surface area contributed by atoms with E-state index in [9.17, 15) is 17.6 Å². The number of sulfone groups is 1. The molecule has 7 heteroatoms. The van der Waals surface area contributed by atoms with Gasteiger partial charge in [-0.05, 0) is 35.4 Å². The van der Waals surface area contributed by atoms with Crippen molar-refractivity contribution in [3.8, 4) is 0 Å². The van der Waals surface area contributed by atoms with Gasteiger partial charge in [0.15, 0.2) is 9.84 Å². The summed E-state index contributed by atoms with van der Waals surface area (Å²) >= 11 is 5.74. The van der Waals surface area contributed by atoms with Gasteiger partial charge in [0.25, 0.3) is 0 Å². The predicted molar refractivity (Wildman–Crippen MR) is 87.2 cm³/mol. The highest BCUT2D eigenvalue weighted by atomic mass is 35.5. The first-order chi connectivity index (χ1) is 10.8. The van der Waals surface area contributed by atoms with E-state index in [0.717, 1.165) is 0 Å². The molecule has 2 rings (SSSR count). The minimum absolute atomic E-state index is 0.148. The van der Waals surface area contributed by atoms with E-state index in [0.29, 0.717) is 16.1 Å². The van der Waals surface area contributed by atoms with Gasteiger partial charge in [-0.3, -0.25) is 4.79 Å². The number of carbonyl (C=O) groups is 1. The van der Waals surface area contributed by atoms with Crippen LogP contribution in [0, 0.1) is 5.82 Å². The minimum atomic E-state index is -3.57. The average molecular weight is 356 g/mol. The van der Waals surface area contributed by atoms with Crippen molar-refractivity contribution in [3.05, 3.63) is 70.5 Å². The van der Waals surface area contributed by atoms with Gasteiger partial charge in [0.1, 0.15) is 11.6 Å². The molecular weight excluding hydrogens is 341 g/mol. The molecule has 1 amide bonds. The molecule has 0 spiro atoms. The van der Waals surface area contributed by atoms with Crippen molar-refractivity contribution in [2.45, 2.75) is 12.3 Å². The molecule has 4 nitrogen and oxygen atoms in total. The van der Waals surface area contributed by atoms with E-state index in [2.05, 4.69) is 5.32 Å². The lowest BCUT2D eigenvalue weighted by Gasteiger charge is -2.07. The van der Waals surface area contributed by atoms with Gasteiger partial charge >= 0.3 is 0 Å². The molecule has 23 heavy (non-hydrogen) atoms. The fourth-order valence-electron chi connectivity index (χ4n) is 1.94. The molecule has 2 aromatic carbocycles. The zero-order valence-electron chi connectivity index (χ0n) is 12.1. The lowest BCUT2D eigenvalue weighted by Crippen LogP contribution is -2.30. The molecular formula is C16H15ClFNO3S. The largest absolute Gasteiger partial charge is 0.351 e. The van der Waals surface area contributed by atoms with Gasteiger partial charge in [-0.2, -0.15) is 0 Å². The van der Waals surface area contributed by atoms with Crippen LogP contribution in [-0.4, -0.2) is 20.1 Å². The summed E-state index contributed by atoms with van der Waals surface area (Å²) in [7, 11) is -3.57. The van der Waals surface area contributed by atoms with Gasteiger partial charge in [-0.25, -0.2) is 12.8 Å². The maximum absolute atomic E-state index is 12.8. The highest BCUT2D eigenvalue weighted by Gasteiger charge is 2.17. The van der Waals surface area contributed by atoms with E-state index in [1.165, 1.54) is 24.3 Å². The van der Waals surface area contributed by atoms with E-state index >= 15 is 0 Å². The minimum Gasteiger partial charge on any atom is -0.351 e. The van der Waals surface area contributed by atoms with Crippen LogP contribution in [0.4, 0.5) is 4.39 Å². The Labute approximate surface area is 139 Å². The summed E-state index contributed by atoms with van der Waals surface area (Å²) in [6, 6.07) is 12.0. The molecule has 0 atom stereocenters. The molecule has 122 valence electrons. The van der Waals surface area contributed by atoms with Crippen LogP contribution in [0.5, 0.6) is 0 Å². The Hall–Kier alpha value is -1.92. The summed E-state index contributed by atoms with van der Waals surface area (Å²) in [5, 5.41) is 3.02. The number of benzene rings is 2.